The molecule has 0 aliphatic carbocycles. The van der Waals surface area contributed by atoms with Crippen LogP contribution < -0.4 is 20.3 Å². The number of rotatable bonds is 7. The van der Waals surface area contributed by atoms with Gasteiger partial charge in [0, 0.05) is 5.56 Å². The SMILES string of the molecule is O=C(O)C1CC(c2ccccc2OCCOc2ccccc2)NN1. The largest absolute Gasteiger partial charge is 0.490 e. The summed E-state index contributed by atoms with van der Waals surface area (Å²) in [5.41, 5.74) is 6.75. The van der Waals surface area contributed by atoms with Crippen molar-refractivity contribution < 1.29 is 19.4 Å². The van der Waals surface area contributed by atoms with Crippen molar-refractivity contribution in [2.24, 2.45) is 0 Å². The van der Waals surface area contributed by atoms with Crippen molar-refractivity contribution in [3.05, 3.63) is 60.2 Å². The molecule has 0 bridgehead atoms. The molecule has 126 valence electrons. The van der Waals surface area contributed by atoms with E-state index in [0.717, 1.165) is 17.1 Å². The Morgan fingerprint density at radius 3 is 2.46 bits per heavy atom. The highest BCUT2D eigenvalue weighted by atomic mass is 16.5. The fourth-order valence-corrected chi connectivity index (χ4v) is 2.65. The number of carboxylic acids is 1. The first kappa shape index (κ1) is 16.3. The second-order valence-corrected chi connectivity index (χ2v) is 5.52. The Kier molecular flexibility index (Phi) is 5.30. The number of hydrazine groups is 1. The van der Waals surface area contributed by atoms with E-state index in [1.807, 2.05) is 54.6 Å². The van der Waals surface area contributed by atoms with Gasteiger partial charge in [0.25, 0.3) is 0 Å². The Labute approximate surface area is 140 Å². The fraction of sp³-hybridized carbons (Fsp3) is 0.278. The molecule has 3 N–H and O–H groups in total. The lowest BCUT2D eigenvalue weighted by molar-refractivity contribution is -0.139. The average molecular weight is 328 g/mol. The van der Waals surface area contributed by atoms with Crippen molar-refractivity contribution >= 4 is 5.97 Å². The molecule has 6 heteroatoms. The van der Waals surface area contributed by atoms with Gasteiger partial charge in [0.15, 0.2) is 0 Å². The topological polar surface area (TPSA) is 79.8 Å². The number of benzene rings is 2. The van der Waals surface area contributed by atoms with Gasteiger partial charge in [-0.25, -0.2) is 10.9 Å². The molecule has 1 fully saturated rings. The van der Waals surface area contributed by atoms with Gasteiger partial charge in [-0.3, -0.25) is 4.79 Å². The number of aliphatic carboxylic acids is 1. The molecule has 0 saturated carbocycles. The van der Waals surface area contributed by atoms with Gasteiger partial charge in [-0.2, -0.15) is 0 Å². The zero-order valence-electron chi connectivity index (χ0n) is 13.1. The van der Waals surface area contributed by atoms with E-state index in [0.29, 0.717) is 19.6 Å². The summed E-state index contributed by atoms with van der Waals surface area (Å²) in [5.74, 6) is 0.680. The minimum atomic E-state index is -0.861. The number of hydrogen-bond donors (Lipinski definition) is 3. The van der Waals surface area contributed by atoms with Crippen LogP contribution in [-0.2, 0) is 4.79 Å². The Morgan fingerprint density at radius 2 is 1.71 bits per heavy atom. The van der Waals surface area contributed by atoms with Gasteiger partial charge in [-0.1, -0.05) is 36.4 Å². The van der Waals surface area contributed by atoms with Crippen LogP contribution in [0.3, 0.4) is 0 Å². The third-order valence-electron chi connectivity index (χ3n) is 3.85. The van der Waals surface area contributed by atoms with E-state index >= 15 is 0 Å². The van der Waals surface area contributed by atoms with Crippen molar-refractivity contribution in [1.82, 2.24) is 10.9 Å². The Hall–Kier alpha value is -2.57. The second kappa shape index (κ2) is 7.81. The smallest absolute Gasteiger partial charge is 0.322 e. The molecule has 1 aliphatic heterocycles. The average Bonchev–Trinajstić information content (AvgIpc) is 3.10. The lowest BCUT2D eigenvalue weighted by atomic mass is 10.0. The summed E-state index contributed by atoms with van der Waals surface area (Å²) in [4.78, 5) is 11.1. The zero-order chi connectivity index (χ0) is 16.8. The van der Waals surface area contributed by atoms with Crippen LogP contribution in [0.2, 0.25) is 0 Å². The van der Waals surface area contributed by atoms with Crippen LogP contribution in [0, 0.1) is 0 Å². The highest BCUT2D eigenvalue weighted by Gasteiger charge is 2.31. The molecule has 0 spiro atoms. The van der Waals surface area contributed by atoms with Crippen LogP contribution in [0.1, 0.15) is 18.0 Å². The molecule has 2 aromatic carbocycles. The molecule has 0 aromatic heterocycles. The first-order valence-electron chi connectivity index (χ1n) is 7.87. The van der Waals surface area contributed by atoms with Crippen LogP contribution in [-0.4, -0.2) is 30.3 Å². The van der Waals surface area contributed by atoms with E-state index in [2.05, 4.69) is 10.9 Å². The first-order valence-corrected chi connectivity index (χ1v) is 7.87. The molecule has 3 rings (SSSR count). The van der Waals surface area contributed by atoms with Crippen molar-refractivity contribution in [2.45, 2.75) is 18.5 Å². The number of hydrogen-bond acceptors (Lipinski definition) is 5. The van der Waals surface area contributed by atoms with Crippen molar-refractivity contribution in [3.63, 3.8) is 0 Å². The quantitative estimate of drug-likeness (QED) is 0.676. The Morgan fingerprint density at radius 1 is 1.00 bits per heavy atom. The lowest BCUT2D eigenvalue weighted by Crippen LogP contribution is -2.36. The number of para-hydroxylation sites is 2. The van der Waals surface area contributed by atoms with E-state index in [-0.39, 0.29) is 6.04 Å². The van der Waals surface area contributed by atoms with Gasteiger partial charge >= 0.3 is 5.97 Å². The summed E-state index contributed by atoms with van der Waals surface area (Å²) in [6.45, 7) is 0.848. The maximum atomic E-state index is 11.1. The lowest BCUT2D eigenvalue weighted by Gasteiger charge is -2.16. The van der Waals surface area contributed by atoms with E-state index < -0.39 is 12.0 Å². The van der Waals surface area contributed by atoms with Crippen LogP contribution in [0.5, 0.6) is 11.5 Å². The van der Waals surface area contributed by atoms with Crippen LogP contribution in [0.15, 0.2) is 54.6 Å². The predicted octanol–water partition coefficient (Wildman–Crippen LogP) is 2.14. The molecule has 2 atom stereocenters. The van der Waals surface area contributed by atoms with Crippen molar-refractivity contribution in [2.75, 3.05) is 13.2 Å². The van der Waals surface area contributed by atoms with Crippen molar-refractivity contribution in [3.8, 4) is 11.5 Å². The maximum absolute atomic E-state index is 11.1. The van der Waals surface area contributed by atoms with Crippen LogP contribution in [0.25, 0.3) is 0 Å². The van der Waals surface area contributed by atoms with E-state index in [1.165, 1.54) is 0 Å². The summed E-state index contributed by atoms with van der Waals surface area (Å²) in [6.07, 6.45) is 0.468. The highest BCUT2D eigenvalue weighted by molar-refractivity contribution is 5.73. The molecule has 1 aliphatic rings. The third kappa shape index (κ3) is 4.04. The van der Waals surface area contributed by atoms with E-state index in [4.69, 9.17) is 14.6 Å². The van der Waals surface area contributed by atoms with Gasteiger partial charge in [0.05, 0.1) is 6.04 Å². The Bertz CT molecular complexity index is 678. The standard InChI is InChI=1S/C18H20N2O4/c21-18(22)16-12-15(19-20-16)14-8-4-5-9-17(14)24-11-10-23-13-6-2-1-3-7-13/h1-9,15-16,19-20H,10-12H2,(H,21,22). The fourth-order valence-electron chi connectivity index (χ4n) is 2.65. The summed E-state index contributed by atoms with van der Waals surface area (Å²) in [6, 6.07) is 16.5. The molecule has 24 heavy (non-hydrogen) atoms. The van der Waals surface area contributed by atoms with Gasteiger partial charge in [0.2, 0.25) is 0 Å². The minimum absolute atomic E-state index is 0.0997. The van der Waals surface area contributed by atoms with Crippen molar-refractivity contribution in [1.29, 1.82) is 0 Å². The molecule has 1 saturated heterocycles. The predicted molar refractivity (Wildman–Crippen MR) is 88.9 cm³/mol. The van der Waals surface area contributed by atoms with E-state index in [9.17, 15) is 4.79 Å². The highest BCUT2D eigenvalue weighted by Crippen LogP contribution is 2.30. The Balaban J connectivity index is 1.55. The monoisotopic (exact) mass is 328 g/mol. The maximum Gasteiger partial charge on any atom is 0.322 e. The number of ether oxygens (including phenoxy) is 2. The first-order chi connectivity index (χ1) is 11.7. The molecule has 2 aromatic rings. The summed E-state index contributed by atoms with van der Waals surface area (Å²) in [7, 11) is 0. The van der Waals surface area contributed by atoms with Gasteiger partial charge in [-0.15, -0.1) is 0 Å². The van der Waals surface area contributed by atoms with E-state index in [1.54, 1.807) is 0 Å². The van der Waals surface area contributed by atoms with Crippen LogP contribution >= 0.6 is 0 Å². The number of carbonyl (C=O) groups is 1. The zero-order valence-corrected chi connectivity index (χ0v) is 13.1. The summed E-state index contributed by atoms with van der Waals surface area (Å²) >= 11 is 0. The number of nitrogens with one attached hydrogen (secondary N) is 2. The third-order valence-corrected chi connectivity index (χ3v) is 3.85. The summed E-state index contributed by atoms with van der Waals surface area (Å²) in [5, 5.41) is 9.08. The molecule has 1 heterocycles. The van der Waals surface area contributed by atoms with Gasteiger partial charge in [0.1, 0.15) is 30.8 Å². The number of carboxylic acid groups (broad SMARTS) is 1. The molecule has 0 radical (unpaired) electrons. The van der Waals surface area contributed by atoms with Gasteiger partial charge in [-0.05, 0) is 24.6 Å². The van der Waals surface area contributed by atoms with Gasteiger partial charge < -0.3 is 14.6 Å². The second-order valence-electron chi connectivity index (χ2n) is 5.52. The molecule has 0 amide bonds. The molecular weight excluding hydrogens is 308 g/mol. The molecule has 6 nitrogen and oxygen atoms in total. The molecular formula is C18H20N2O4. The minimum Gasteiger partial charge on any atom is -0.490 e. The van der Waals surface area contributed by atoms with Crippen LogP contribution in [0.4, 0.5) is 0 Å². The summed E-state index contributed by atoms with van der Waals surface area (Å²) < 4.78 is 11.4. The normalized spacial score (nSPS) is 19.8. The molecule has 2 unspecified atom stereocenters.